The third-order valence-corrected chi connectivity index (χ3v) is 7.18. The van der Waals surface area contributed by atoms with E-state index < -0.39 is 28.7 Å². The molecule has 3 aromatic rings. The van der Waals surface area contributed by atoms with Gasteiger partial charge in [-0.1, -0.05) is 0 Å². The lowest BCUT2D eigenvalue weighted by Gasteiger charge is -2.39. The number of pyridine rings is 2. The molecule has 1 atom stereocenters. The SMILES string of the molecule is CC(=O)N1CCOC(CNC(=O)C2CN(c3nc4c(cc3F)c(=O)c(C(=O)O)cn4-c3nccs3)C2)C1. The highest BCUT2D eigenvalue weighted by atomic mass is 32.1. The number of ether oxygens (including phenoxy) is 1. The van der Waals surface area contributed by atoms with Crippen LogP contribution in [0.3, 0.4) is 0 Å². The maximum atomic E-state index is 15.0. The number of anilines is 1. The van der Waals surface area contributed by atoms with E-state index in [-0.39, 0.29) is 54.4 Å². The number of thiazole rings is 1. The second-order valence-corrected chi connectivity index (χ2v) is 9.70. The fourth-order valence-electron chi connectivity index (χ4n) is 4.37. The minimum atomic E-state index is -1.44. The minimum absolute atomic E-state index is 0.0429. The number of hydrogen-bond donors (Lipinski definition) is 2. The molecule has 2 saturated heterocycles. The van der Waals surface area contributed by atoms with Crippen molar-refractivity contribution in [1.82, 2.24) is 24.8 Å². The normalized spacial score (nSPS) is 18.1. The van der Waals surface area contributed by atoms with Gasteiger partial charge in [0.25, 0.3) is 0 Å². The first kappa shape index (κ1) is 24.8. The molecule has 0 saturated carbocycles. The number of aromatic carboxylic acids is 1. The third kappa shape index (κ3) is 4.76. The number of carbonyl (C=O) groups excluding carboxylic acids is 2. The lowest BCUT2D eigenvalue weighted by atomic mass is 9.99. The molecule has 5 rings (SSSR count). The average molecular weight is 531 g/mol. The van der Waals surface area contributed by atoms with E-state index in [1.807, 2.05) is 0 Å². The molecular weight excluding hydrogens is 507 g/mol. The van der Waals surface area contributed by atoms with Gasteiger partial charge in [0, 0.05) is 57.4 Å². The first-order valence-corrected chi connectivity index (χ1v) is 12.4. The fraction of sp³-hybridized carbons (Fsp3) is 0.391. The molecule has 2 amide bonds. The van der Waals surface area contributed by atoms with E-state index in [0.717, 1.165) is 12.3 Å². The number of halogens is 1. The topological polar surface area (TPSA) is 147 Å². The molecule has 2 aliphatic rings. The molecule has 12 nitrogen and oxygen atoms in total. The fourth-order valence-corrected chi connectivity index (χ4v) is 4.99. The number of nitrogens with one attached hydrogen (secondary N) is 1. The Bertz CT molecular complexity index is 1440. The zero-order valence-corrected chi connectivity index (χ0v) is 20.5. The van der Waals surface area contributed by atoms with Crippen molar-refractivity contribution in [2.24, 2.45) is 5.92 Å². The number of carboxylic acids is 1. The molecule has 0 bridgehead atoms. The van der Waals surface area contributed by atoms with E-state index in [2.05, 4.69) is 15.3 Å². The molecule has 194 valence electrons. The van der Waals surface area contributed by atoms with Crippen LogP contribution in [0, 0.1) is 11.7 Å². The zero-order valence-electron chi connectivity index (χ0n) is 19.7. The molecule has 0 spiro atoms. The number of carbonyl (C=O) groups is 3. The Balaban J connectivity index is 1.32. The Morgan fingerprint density at radius 3 is 2.76 bits per heavy atom. The quantitative estimate of drug-likeness (QED) is 0.464. The van der Waals surface area contributed by atoms with Crippen LogP contribution < -0.4 is 15.6 Å². The van der Waals surface area contributed by atoms with Crippen molar-refractivity contribution >= 4 is 46.0 Å². The van der Waals surface area contributed by atoms with Gasteiger partial charge in [0.1, 0.15) is 5.56 Å². The van der Waals surface area contributed by atoms with Crippen LogP contribution in [-0.2, 0) is 14.3 Å². The van der Waals surface area contributed by atoms with Gasteiger partial charge in [-0.15, -0.1) is 11.3 Å². The van der Waals surface area contributed by atoms with Crippen LogP contribution in [-0.4, -0.2) is 87.8 Å². The van der Waals surface area contributed by atoms with Crippen LogP contribution in [0.15, 0.2) is 28.6 Å². The predicted molar refractivity (Wildman–Crippen MR) is 131 cm³/mol. The highest BCUT2D eigenvalue weighted by molar-refractivity contribution is 7.12. The zero-order chi connectivity index (χ0) is 26.3. The summed E-state index contributed by atoms with van der Waals surface area (Å²) in [5.41, 5.74) is -1.30. The first-order chi connectivity index (χ1) is 17.7. The standard InChI is InChI=1S/C23H23FN6O6S/c1-12(31)28-3-4-36-14(10-28)7-26-21(33)13-8-29(9-13)20-17(24)6-15-18(32)16(22(34)35)11-30(19(15)27-20)23-25-2-5-37-23/h2,5-6,11,13-14H,3-4,7-10H2,1H3,(H,26,33)(H,34,35). The number of hydrogen-bond acceptors (Lipinski definition) is 9. The van der Waals surface area contributed by atoms with Crippen LogP contribution in [0.2, 0.25) is 0 Å². The van der Waals surface area contributed by atoms with Gasteiger partial charge in [0.05, 0.1) is 24.0 Å². The molecule has 2 fully saturated rings. The highest BCUT2D eigenvalue weighted by Gasteiger charge is 2.36. The van der Waals surface area contributed by atoms with Gasteiger partial charge in [0.2, 0.25) is 17.2 Å². The smallest absolute Gasteiger partial charge is 0.341 e. The number of nitrogens with zero attached hydrogens (tertiary/aromatic N) is 5. The van der Waals surface area contributed by atoms with Crippen molar-refractivity contribution in [2.75, 3.05) is 44.2 Å². The Labute approximate surface area is 213 Å². The number of carboxylic acid groups (broad SMARTS) is 1. The number of rotatable bonds is 6. The summed E-state index contributed by atoms with van der Waals surface area (Å²) in [6.45, 7) is 3.50. The highest BCUT2D eigenvalue weighted by Crippen LogP contribution is 2.29. The average Bonchev–Trinajstić information content (AvgIpc) is 3.37. The van der Waals surface area contributed by atoms with Gasteiger partial charge < -0.3 is 25.0 Å². The molecule has 3 aromatic heterocycles. The summed E-state index contributed by atoms with van der Waals surface area (Å²) in [6, 6.07) is 0.977. The van der Waals surface area contributed by atoms with E-state index in [4.69, 9.17) is 4.74 Å². The van der Waals surface area contributed by atoms with Gasteiger partial charge >= 0.3 is 5.97 Å². The van der Waals surface area contributed by atoms with Crippen molar-refractivity contribution in [3.63, 3.8) is 0 Å². The second-order valence-electron chi connectivity index (χ2n) is 8.83. The number of amides is 2. The van der Waals surface area contributed by atoms with Crippen molar-refractivity contribution < 1.29 is 28.6 Å². The first-order valence-electron chi connectivity index (χ1n) is 11.5. The third-order valence-electron chi connectivity index (χ3n) is 6.41. The Morgan fingerprint density at radius 2 is 2.08 bits per heavy atom. The van der Waals surface area contributed by atoms with Gasteiger partial charge in [-0.2, -0.15) is 0 Å². The number of morpholine rings is 1. The molecule has 37 heavy (non-hydrogen) atoms. The maximum Gasteiger partial charge on any atom is 0.341 e. The van der Waals surface area contributed by atoms with Crippen molar-refractivity contribution in [1.29, 1.82) is 0 Å². The summed E-state index contributed by atoms with van der Waals surface area (Å²) in [7, 11) is 0. The summed E-state index contributed by atoms with van der Waals surface area (Å²) >= 11 is 1.20. The second kappa shape index (κ2) is 9.86. The lowest BCUT2D eigenvalue weighted by molar-refractivity contribution is -0.136. The summed E-state index contributed by atoms with van der Waals surface area (Å²) in [4.78, 5) is 60.2. The molecule has 0 aromatic carbocycles. The summed E-state index contributed by atoms with van der Waals surface area (Å²) < 4.78 is 22.0. The summed E-state index contributed by atoms with van der Waals surface area (Å²) in [6.07, 6.45) is 2.35. The van der Waals surface area contributed by atoms with Gasteiger partial charge in [0.15, 0.2) is 22.4 Å². The monoisotopic (exact) mass is 530 g/mol. The van der Waals surface area contributed by atoms with Gasteiger partial charge in [-0.3, -0.25) is 19.0 Å². The molecule has 1 unspecified atom stereocenters. The van der Waals surface area contributed by atoms with E-state index in [0.29, 0.717) is 24.8 Å². The van der Waals surface area contributed by atoms with Crippen molar-refractivity contribution in [3.8, 4) is 5.13 Å². The molecule has 0 radical (unpaired) electrons. The van der Waals surface area contributed by atoms with Crippen LogP contribution in [0.5, 0.6) is 0 Å². The Morgan fingerprint density at radius 1 is 1.30 bits per heavy atom. The van der Waals surface area contributed by atoms with Crippen LogP contribution >= 0.6 is 11.3 Å². The maximum absolute atomic E-state index is 15.0. The van der Waals surface area contributed by atoms with Crippen molar-refractivity contribution in [2.45, 2.75) is 13.0 Å². The van der Waals surface area contributed by atoms with Gasteiger partial charge in [-0.25, -0.2) is 19.2 Å². The number of aromatic nitrogens is 3. The molecule has 5 heterocycles. The minimum Gasteiger partial charge on any atom is -0.477 e. The molecule has 14 heteroatoms. The van der Waals surface area contributed by atoms with Crippen molar-refractivity contribution in [3.05, 3.63) is 45.4 Å². The summed E-state index contributed by atoms with van der Waals surface area (Å²) in [5, 5.41) is 14.1. The summed E-state index contributed by atoms with van der Waals surface area (Å²) in [5.74, 6) is -2.94. The van der Waals surface area contributed by atoms with E-state index in [9.17, 15) is 24.3 Å². The predicted octanol–water partition coefficient (Wildman–Crippen LogP) is 0.479. The van der Waals surface area contributed by atoms with E-state index in [1.54, 1.807) is 15.2 Å². The number of fused-ring (bicyclic) bond motifs is 1. The molecule has 2 N–H and O–H groups in total. The molecule has 2 aliphatic heterocycles. The Hall–Kier alpha value is -3.91. The molecular formula is C23H23FN6O6S. The van der Waals surface area contributed by atoms with E-state index in [1.165, 1.54) is 29.0 Å². The van der Waals surface area contributed by atoms with E-state index >= 15 is 4.39 Å². The Kier molecular flexibility index (Phi) is 6.60. The van der Waals surface area contributed by atoms with Crippen LogP contribution in [0.25, 0.3) is 16.2 Å². The lowest BCUT2D eigenvalue weighted by Crippen LogP contribution is -2.56. The molecule has 0 aliphatic carbocycles. The van der Waals surface area contributed by atoms with Crippen LogP contribution in [0.1, 0.15) is 17.3 Å². The van der Waals surface area contributed by atoms with Gasteiger partial charge in [-0.05, 0) is 6.07 Å². The van der Waals surface area contributed by atoms with Crippen LogP contribution in [0.4, 0.5) is 10.2 Å². The largest absolute Gasteiger partial charge is 0.477 e.